The SMILES string of the molecule is CC(=O)Nc1ccc(N(CC(=O)Nc2ccccc2C#N)C(C)=O)cc1. The Kier molecular flexibility index (Phi) is 6.06. The largest absolute Gasteiger partial charge is 0.326 e. The zero-order valence-corrected chi connectivity index (χ0v) is 14.4. The Morgan fingerprint density at radius 2 is 1.65 bits per heavy atom. The van der Waals surface area contributed by atoms with E-state index in [1.165, 1.54) is 18.7 Å². The number of carbonyl (C=O) groups is 3. The molecule has 0 aromatic heterocycles. The van der Waals surface area contributed by atoms with E-state index in [1.807, 2.05) is 6.07 Å². The van der Waals surface area contributed by atoms with Gasteiger partial charge in [-0.3, -0.25) is 14.4 Å². The van der Waals surface area contributed by atoms with Crippen LogP contribution in [0.1, 0.15) is 19.4 Å². The van der Waals surface area contributed by atoms with Gasteiger partial charge in [-0.05, 0) is 36.4 Å². The predicted octanol–water partition coefficient (Wildman–Crippen LogP) is 2.51. The van der Waals surface area contributed by atoms with Crippen LogP contribution in [0.2, 0.25) is 0 Å². The molecule has 7 nitrogen and oxygen atoms in total. The zero-order chi connectivity index (χ0) is 19.1. The summed E-state index contributed by atoms with van der Waals surface area (Å²) < 4.78 is 0. The van der Waals surface area contributed by atoms with Gasteiger partial charge in [0.1, 0.15) is 12.6 Å². The third kappa shape index (κ3) is 4.92. The van der Waals surface area contributed by atoms with E-state index in [1.54, 1.807) is 48.5 Å². The fraction of sp³-hybridized carbons (Fsp3) is 0.158. The second kappa shape index (κ2) is 8.44. The van der Waals surface area contributed by atoms with Crippen molar-refractivity contribution in [3.8, 4) is 6.07 Å². The summed E-state index contributed by atoms with van der Waals surface area (Å²) in [6, 6.07) is 15.2. The number of hydrogen-bond donors (Lipinski definition) is 2. The molecule has 132 valence electrons. The van der Waals surface area contributed by atoms with E-state index in [-0.39, 0.29) is 18.4 Å². The Bertz CT molecular complexity index is 869. The average Bonchev–Trinajstić information content (AvgIpc) is 2.60. The summed E-state index contributed by atoms with van der Waals surface area (Å²) in [7, 11) is 0. The standard InChI is InChI=1S/C19H18N4O3/c1-13(24)21-16-7-9-17(10-8-16)23(14(2)25)12-19(26)22-18-6-4-3-5-15(18)11-20/h3-10H,12H2,1-2H3,(H,21,24)(H,22,26). The van der Waals surface area contributed by atoms with Gasteiger partial charge in [0.2, 0.25) is 17.7 Å². The molecule has 0 radical (unpaired) electrons. The molecule has 0 aliphatic rings. The predicted molar refractivity (Wildman–Crippen MR) is 98.6 cm³/mol. The Morgan fingerprint density at radius 3 is 2.23 bits per heavy atom. The van der Waals surface area contributed by atoms with E-state index in [2.05, 4.69) is 10.6 Å². The molecule has 0 saturated heterocycles. The average molecular weight is 350 g/mol. The van der Waals surface area contributed by atoms with E-state index >= 15 is 0 Å². The lowest BCUT2D eigenvalue weighted by Gasteiger charge is -2.21. The maximum absolute atomic E-state index is 12.3. The molecular formula is C19H18N4O3. The lowest BCUT2D eigenvalue weighted by atomic mass is 10.2. The van der Waals surface area contributed by atoms with Crippen LogP contribution in [-0.4, -0.2) is 24.3 Å². The normalized spacial score (nSPS) is 9.73. The monoisotopic (exact) mass is 350 g/mol. The molecule has 2 aromatic rings. The van der Waals surface area contributed by atoms with Crippen molar-refractivity contribution in [3.05, 3.63) is 54.1 Å². The lowest BCUT2D eigenvalue weighted by molar-refractivity contribution is -0.120. The fourth-order valence-electron chi connectivity index (χ4n) is 2.34. The van der Waals surface area contributed by atoms with Gasteiger partial charge in [0, 0.05) is 25.2 Å². The van der Waals surface area contributed by atoms with E-state index in [0.29, 0.717) is 22.6 Å². The molecule has 2 aromatic carbocycles. The number of nitrogens with zero attached hydrogens (tertiary/aromatic N) is 2. The molecular weight excluding hydrogens is 332 g/mol. The number of amides is 3. The summed E-state index contributed by atoms with van der Waals surface area (Å²) in [4.78, 5) is 36.6. The maximum atomic E-state index is 12.3. The second-order valence-electron chi connectivity index (χ2n) is 5.54. The van der Waals surface area contributed by atoms with Crippen LogP contribution in [-0.2, 0) is 14.4 Å². The molecule has 2 N–H and O–H groups in total. The molecule has 2 rings (SSSR count). The van der Waals surface area contributed by atoms with E-state index < -0.39 is 5.91 Å². The highest BCUT2D eigenvalue weighted by Crippen LogP contribution is 2.19. The van der Waals surface area contributed by atoms with Gasteiger partial charge in [0.05, 0.1) is 11.3 Å². The van der Waals surface area contributed by atoms with Crippen molar-refractivity contribution in [2.24, 2.45) is 0 Å². The molecule has 7 heteroatoms. The minimum Gasteiger partial charge on any atom is -0.326 e. The van der Waals surface area contributed by atoms with Crippen LogP contribution < -0.4 is 15.5 Å². The molecule has 0 bridgehead atoms. The summed E-state index contributed by atoms with van der Waals surface area (Å²) in [5.74, 6) is -0.924. The highest BCUT2D eigenvalue weighted by Gasteiger charge is 2.16. The number of para-hydroxylation sites is 1. The highest BCUT2D eigenvalue weighted by atomic mass is 16.2. The maximum Gasteiger partial charge on any atom is 0.244 e. The smallest absolute Gasteiger partial charge is 0.244 e. The summed E-state index contributed by atoms with van der Waals surface area (Å²) >= 11 is 0. The van der Waals surface area contributed by atoms with Crippen molar-refractivity contribution in [3.63, 3.8) is 0 Å². The van der Waals surface area contributed by atoms with Crippen LogP contribution in [0.4, 0.5) is 17.1 Å². The van der Waals surface area contributed by atoms with Crippen molar-refractivity contribution in [1.82, 2.24) is 0 Å². The molecule has 0 heterocycles. The number of nitrogens with one attached hydrogen (secondary N) is 2. The number of benzene rings is 2. The van der Waals surface area contributed by atoms with Crippen molar-refractivity contribution in [2.45, 2.75) is 13.8 Å². The van der Waals surface area contributed by atoms with Gasteiger partial charge in [-0.1, -0.05) is 12.1 Å². The summed E-state index contributed by atoms with van der Waals surface area (Å²) in [5, 5.41) is 14.3. The van der Waals surface area contributed by atoms with Crippen molar-refractivity contribution in [1.29, 1.82) is 5.26 Å². The van der Waals surface area contributed by atoms with Gasteiger partial charge in [-0.2, -0.15) is 5.26 Å². The molecule has 0 aliphatic carbocycles. The van der Waals surface area contributed by atoms with Crippen LogP contribution in [0.3, 0.4) is 0 Å². The first-order chi connectivity index (χ1) is 12.4. The van der Waals surface area contributed by atoms with Crippen molar-refractivity contribution < 1.29 is 14.4 Å². The fourth-order valence-corrected chi connectivity index (χ4v) is 2.34. The number of hydrogen-bond acceptors (Lipinski definition) is 4. The van der Waals surface area contributed by atoms with Crippen molar-refractivity contribution >= 4 is 34.8 Å². The van der Waals surface area contributed by atoms with Crippen LogP contribution >= 0.6 is 0 Å². The van der Waals surface area contributed by atoms with Crippen LogP contribution in [0, 0.1) is 11.3 Å². The minimum absolute atomic E-state index is 0.197. The molecule has 0 unspecified atom stereocenters. The van der Waals surface area contributed by atoms with E-state index in [9.17, 15) is 14.4 Å². The summed E-state index contributed by atoms with van der Waals surface area (Å²) in [5.41, 5.74) is 1.85. The van der Waals surface area contributed by atoms with E-state index in [4.69, 9.17) is 5.26 Å². The molecule has 0 fully saturated rings. The first-order valence-corrected chi connectivity index (χ1v) is 7.85. The first-order valence-electron chi connectivity index (χ1n) is 7.85. The third-order valence-electron chi connectivity index (χ3n) is 3.50. The molecule has 0 aliphatic heterocycles. The van der Waals surface area contributed by atoms with Crippen LogP contribution in [0.25, 0.3) is 0 Å². The van der Waals surface area contributed by atoms with Gasteiger partial charge < -0.3 is 15.5 Å². The molecule has 0 saturated carbocycles. The van der Waals surface area contributed by atoms with Gasteiger partial charge in [0.25, 0.3) is 0 Å². The number of anilines is 3. The molecule has 0 atom stereocenters. The Balaban J connectivity index is 2.13. The quantitative estimate of drug-likeness (QED) is 0.865. The van der Waals surface area contributed by atoms with Crippen LogP contribution in [0.5, 0.6) is 0 Å². The molecule has 0 spiro atoms. The Hall–Kier alpha value is -3.66. The van der Waals surface area contributed by atoms with Gasteiger partial charge in [-0.25, -0.2) is 0 Å². The second-order valence-corrected chi connectivity index (χ2v) is 5.54. The Labute approximate surface area is 151 Å². The van der Waals surface area contributed by atoms with Crippen molar-refractivity contribution in [2.75, 3.05) is 22.1 Å². The van der Waals surface area contributed by atoms with Gasteiger partial charge in [-0.15, -0.1) is 0 Å². The Morgan fingerprint density at radius 1 is 1.00 bits per heavy atom. The van der Waals surface area contributed by atoms with E-state index in [0.717, 1.165) is 0 Å². The minimum atomic E-state index is -0.422. The molecule has 3 amide bonds. The van der Waals surface area contributed by atoms with Crippen LogP contribution in [0.15, 0.2) is 48.5 Å². The number of rotatable bonds is 5. The first kappa shape index (κ1) is 18.7. The summed E-state index contributed by atoms with van der Waals surface area (Å²) in [6.07, 6.45) is 0. The third-order valence-corrected chi connectivity index (χ3v) is 3.50. The lowest BCUT2D eigenvalue weighted by Crippen LogP contribution is -2.36. The van der Waals surface area contributed by atoms with Gasteiger partial charge >= 0.3 is 0 Å². The zero-order valence-electron chi connectivity index (χ0n) is 14.4. The van der Waals surface area contributed by atoms with Gasteiger partial charge in [0.15, 0.2) is 0 Å². The highest BCUT2D eigenvalue weighted by molar-refractivity contribution is 6.02. The summed E-state index contributed by atoms with van der Waals surface area (Å²) in [6.45, 7) is 2.56. The number of nitriles is 1. The number of carbonyl (C=O) groups excluding carboxylic acids is 3. The topological polar surface area (TPSA) is 102 Å². The molecule has 26 heavy (non-hydrogen) atoms.